The number of amides is 2. The van der Waals surface area contributed by atoms with Gasteiger partial charge in [0, 0.05) is 19.0 Å². The highest BCUT2D eigenvalue weighted by Gasteiger charge is 2.32. The molecule has 0 aliphatic heterocycles. The minimum atomic E-state index is -0.653. The summed E-state index contributed by atoms with van der Waals surface area (Å²) in [5.41, 5.74) is 2.75. The Morgan fingerprint density at radius 1 is 0.806 bits per heavy atom. The lowest BCUT2D eigenvalue weighted by molar-refractivity contribution is -0.141. The summed E-state index contributed by atoms with van der Waals surface area (Å²) in [7, 11) is 0. The standard InChI is InChI=1S/C30H32Cl2N2O2/c31-26-17-16-24(18-27(26)32)21-34(29(35)20-23-12-6-2-7-13-23)28(19-22-10-4-1-5-11-22)30(36)33-25-14-8-3-9-15-25/h1-2,4-7,10-13,16-18,25,28H,3,8-9,14-15,19-21H2,(H,33,36). The van der Waals surface area contributed by atoms with Gasteiger partial charge < -0.3 is 10.2 Å². The van der Waals surface area contributed by atoms with E-state index in [1.165, 1.54) is 6.42 Å². The first-order valence-corrected chi connectivity index (χ1v) is 13.4. The Balaban J connectivity index is 1.66. The Morgan fingerprint density at radius 2 is 1.44 bits per heavy atom. The van der Waals surface area contributed by atoms with Crippen LogP contribution in [0.25, 0.3) is 0 Å². The maximum Gasteiger partial charge on any atom is 0.243 e. The highest BCUT2D eigenvalue weighted by Crippen LogP contribution is 2.25. The van der Waals surface area contributed by atoms with Crippen LogP contribution in [0.4, 0.5) is 0 Å². The number of nitrogens with one attached hydrogen (secondary N) is 1. The zero-order valence-corrected chi connectivity index (χ0v) is 21.8. The number of carbonyl (C=O) groups is 2. The molecule has 1 atom stereocenters. The molecule has 0 heterocycles. The van der Waals surface area contributed by atoms with Crippen LogP contribution in [0.5, 0.6) is 0 Å². The Kier molecular flexibility index (Phi) is 9.43. The molecule has 188 valence electrons. The first-order valence-electron chi connectivity index (χ1n) is 12.6. The Hall–Kier alpha value is -2.82. The van der Waals surface area contributed by atoms with Crippen molar-refractivity contribution in [2.24, 2.45) is 0 Å². The van der Waals surface area contributed by atoms with Gasteiger partial charge in [-0.15, -0.1) is 0 Å². The molecule has 1 fully saturated rings. The second-order valence-electron chi connectivity index (χ2n) is 9.48. The number of hydrogen-bond acceptors (Lipinski definition) is 2. The van der Waals surface area contributed by atoms with Gasteiger partial charge in [-0.2, -0.15) is 0 Å². The van der Waals surface area contributed by atoms with E-state index in [4.69, 9.17) is 23.2 Å². The van der Waals surface area contributed by atoms with E-state index in [1.807, 2.05) is 66.7 Å². The van der Waals surface area contributed by atoms with E-state index >= 15 is 0 Å². The van der Waals surface area contributed by atoms with Crippen molar-refractivity contribution in [2.75, 3.05) is 0 Å². The number of hydrogen-bond donors (Lipinski definition) is 1. The van der Waals surface area contributed by atoms with Crippen molar-refractivity contribution >= 4 is 35.0 Å². The summed E-state index contributed by atoms with van der Waals surface area (Å²) in [6, 6.07) is 24.4. The fourth-order valence-electron chi connectivity index (χ4n) is 4.80. The van der Waals surface area contributed by atoms with Crippen molar-refractivity contribution < 1.29 is 9.59 Å². The molecule has 1 aliphatic rings. The average Bonchev–Trinajstić information content (AvgIpc) is 2.90. The third kappa shape index (κ3) is 7.35. The lowest BCUT2D eigenvalue weighted by Crippen LogP contribution is -2.53. The molecule has 0 saturated heterocycles. The fourth-order valence-corrected chi connectivity index (χ4v) is 5.13. The molecule has 0 bridgehead atoms. The molecular formula is C30H32Cl2N2O2. The molecule has 0 spiro atoms. The third-order valence-corrected chi connectivity index (χ3v) is 7.50. The SMILES string of the molecule is O=C(NC1CCCCC1)C(Cc1ccccc1)N(Cc1ccc(Cl)c(Cl)c1)C(=O)Cc1ccccc1. The minimum Gasteiger partial charge on any atom is -0.352 e. The maximum atomic E-state index is 13.8. The number of nitrogens with zero attached hydrogens (tertiary/aromatic N) is 1. The average molecular weight is 524 g/mol. The number of rotatable bonds is 9. The second kappa shape index (κ2) is 12.9. The predicted octanol–water partition coefficient (Wildman–Crippen LogP) is 6.62. The highest BCUT2D eigenvalue weighted by atomic mass is 35.5. The van der Waals surface area contributed by atoms with E-state index in [0.717, 1.165) is 42.4 Å². The normalized spacial score (nSPS) is 14.7. The summed E-state index contributed by atoms with van der Waals surface area (Å²) in [6.45, 7) is 0.262. The molecule has 36 heavy (non-hydrogen) atoms. The largest absolute Gasteiger partial charge is 0.352 e. The van der Waals surface area contributed by atoms with Crippen LogP contribution in [-0.2, 0) is 29.0 Å². The van der Waals surface area contributed by atoms with Crippen LogP contribution in [0.15, 0.2) is 78.9 Å². The first-order chi connectivity index (χ1) is 17.5. The number of halogens is 2. The zero-order chi connectivity index (χ0) is 25.3. The van der Waals surface area contributed by atoms with E-state index in [0.29, 0.717) is 16.5 Å². The Bertz CT molecular complexity index is 1150. The summed E-state index contributed by atoms with van der Waals surface area (Å²) in [6.07, 6.45) is 6.05. The van der Waals surface area contributed by atoms with Crippen LogP contribution in [0, 0.1) is 0 Å². The second-order valence-corrected chi connectivity index (χ2v) is 10.3. The summed E-state index contributed by atoms with van der Waals surface area (Å²) in [4.78, 5) is 29.3. The summed E-state index contributed by atoms with van der Waals surface area (Å²) < 4.78 is 0. The molecule has 3 aromatic rings. The van der Waals surface area contributed by atoms with E-state index in [-0.39, 0.29) is 30.8 Å². The van der Waals surface area contributed by atoms with Crippen LogP contribution in [-0.4, -0.2) is 28.8 Å². The van der Waals surface area contributed by atoms with Gasteiger partial charge in [0.05, 0.1) is 16.5 Å². The van der Waals surface area contributed by atoms with Gasteiger partial charge in [-0.25, -0.2) is 0 Å². The zero-order valence-electron chi connectivity index (χ0n) is 20.3. The first kappa shape index (κ1) is 26.2. The van der Waals surface area contributed by atoms with Crippen LogP contribution >= 0.6 is 23.2 Å². The lowest BCUT2D eigenvalue weighted by atomic mass is 9.94. The molecule has 1 saturated carbocycles. The topological polar surface area (TPSA) is 49.4 Å². The Labute approximate surface area is 223 Å². The summed E-state index contributed by atoms with van der Waals surface area (Å²) in [5, 5.41) is 4.15. The van der Waals surface area contributed by atoms with Crippen LogP contribution in [0.2, 0.25) is 10.0 Å². The molecule has 4 rings (SSSR count). The van der Waals surface area contributed by atoms with Crippen LogP contribution < -0.4 is 5.32 Å². The van der Waals surface area contributed by atoms with Gasteiger partial charge in [-0.3, -0.25) is 9.59 Å². The van der Waals surface area contributed by atoms with Crippen molar-refractivity contribution in [3.05, 3.63) is 106 Å². The number of benzene rings is 3. The van der Waals surface area contributed by atoms with E-state index in [2.05, 4.69) is 5.32 Å². The van der Waals surface area contributed by atoms with Gasteiger partial charge in [0.2, 0.25) is 11.8 Å². The van der Waals surface area contributed by atoms with Crippen molar-refractivity contribution in [3.63, 3.8) is 0 Å². The van der Waals surface area contributed by atoms with Crippen molar-refractivity contribution in [2.45, 2.75) is 63.6 Å². The van der Waals surface area contributed by atoms with E-state index < -0.39 is 6.04 Å². The molecule has 1 unspecified atom stereocenters. The lowest BCUT2D eigenvalue weighted by Gasteiger charge is -2.33. The molecule has 1 N–H and O–H groups in total. The highest BCUT2D eigenvalue weighted by molar-refractivity contribution is 6.42. The molecule has 0 radical (unpaired) electrons. The molecule has 3 aromatic carbocycles. The molecule has 0 aromatic heterocycles. The van der Waals surface area contributed by atoms with Crippen molar-refractivity contribution in [3.8, 4) is 0 Å². The minimum absolute atomic E-state index is 0.104. The third-order valence-electron chi connectivity index (χ3n) is 6.76. The van der Waals surface area contributed by atoms with E-state index in [1.54, 1.807) is 17.0 Å². The maximum absolute atomic E-state index is 13.8. The molecule has 2 amide bonds. The van der Waals surface area contributed by atoms with Gasteiger partial charge in [0.15, 0.2) is 0 Å². The van der Waals surface area contributed by atoms with Gasteiger partial charge in [-0.1, -0.05) is 109 Å². The molecule has 4 nitrogen and oxygen atoms in total. The van der Waals surface area contributed by atoms with Gasteiger partial charge >= 0.3 is 0 Å². The van der Waals surface area contributed by atoms with Gasteiger partial charge in [0.25, 0.3) is 0 Å². The van der Waals surface area contributed by atoms with Gasteiger partial charge in [-0.05, 0) is 41.7 Å². The monoisotopic (exact) mass is 522 g/mol. The molecule has 1 aliphatic carbocycles. The van der Waals surface area contributed by atoms with Crippen LogP contribution in [0.3, 0.4) is 0 Å². The summed E-state index contributed by atoms with van der Waals surface area (Å²) >= 11 is 12.4. The smallest absolute Gasteiger partial charge is 0.243 e. The van der Waals surface area contributed by atoms with Crippen molar-refractivity contribution in [1.29, 1.82) is 0 Å². The quantitative estimate of drug-likeness (QED) is 0.343. The van der Waals surface area contributed by atoms with E-state index in [9.17, 15) is 9.59 Å². The summed E-state index contributed by atoms with van der Waals surface area (Å²) in [5.74, 6) is -0.209. The fraction of sp³-hybridized carbons (Fsp3) is 0.333. The van der Waals surface area contributed by atoms with Crippen molar-refractivity contribution in [1.82, 2.24) is 10.2 Å². The van der Waals surface area contributed by atoms with Gasteiger partial charge in [0.1, 0.15) is 6.04 Å². The predicted molar refractivity (Wildman–Crippen MR) is 146 cm³/mol. The van der Waals surface area contributed by atoms with Crippen LogP contribution in [0.1, 0.15) is 48.8 Å². The molecule has 6 heteroatoms. The Morgan fingerprint density at radius 3 is 2.08 bits per heavy atom. The number of carbonyl (C=O) groups excluding carboxylic acids is 2. The molecular weight excluding hydrogens is 491 g/mol.